The molecule has 2 fully saturated rings. The Kier molecular flexibility index (Phi) is 3.00. The van der Waals surface area contributed by atoms with Gasteiger partial charge in [0.1, 0.15) is 5.54 Å². The summed E-state index contributed by atoms with van der Waals surface area (Å²) in [6, 6.07) is -0.466. The van der Waals surface area contributed by atoms with Crippen molar-refractivity contribution in [2.45, 2.75) is 37.6 Å². The highest BCUT2D eigenvalue weighted by atomic mass is 32.1. The first-order valence-corrected chi connectivity index (χ1v) is 8.49. The van der Waals surface area contributed by atoms with Gasteiger partial charge in [-0.15, -0.1) is 11.3 Å². The van der Waals surface area contributed by atoms with Crippen LogP contribution in [0.3, 0.4) is 0 Å². The molecule has 0 unspecified atom stereocenters. The van der Waals surface area contributed by atoms with Crippen molar-refractivity contribution in [2.75, 3.05) is 13.1 Å². The first kappa shape index (κ1) is 13.8. The van der Waals surface area contributed by atoms with Crippen LogP contribution in [-0.2, 0) is 17.6 Å². The Morgan fingerprint density at radius 2 is 2.09 bits per heavy atom. The third-order valence-corrected chi connectivity index (χ3v) is 5.95. The number of carbonyl (C=O) groups is 3. The number of rotatable bonds is 1. The van der Waals surface area contributed by atoms with Crippen molar-refractivity contribution < 1.29 is 14.4 Å². The Hall–Kier alpha value is -1.89. The van der Waals surface area contributed by atoms with Crippen LogP contribution in [0.5, 0.6) is 0 Å². The van der Waals surface area contributed by atoms with Gasteiger partial charge in [0.2, 0.25) is 0 Å². The molecule has 116 valence electrons. The number of hydrogen-bond acceptors (Lipinski definition) is 4. The molecule has 1 spiro atoms. The van der Waals surface area contributed by atoms with E-state index in [1.54, 1.807) is 16.2 Å². The second-order valence-corrected chi connectivity index (χ2v) is 7.19. The molecular weight excluding hydrogens is 302 g/mol. The highest BCUT2D eigenvalue weighted by Gasteiger charge is 2.51. The van der Waals surface area contributed by atoms with E-state index < -0.39 is 11.6 Å². The van der Waals surface area contributed by atoms with Gasteiger partial charge in [0, 0.05) is 16.8 Å². The lowest BCUT2D eigenvalue weighted by Gasteiger charge is -2.21. The van der Waals surface area contributed by atoms with Crippen molar-refractivity contribution in [1.29, 1.82) is 0 Å². The van der Waals surface area contributed by atoms with E-state index in [4.69, 9.17) is 0 Å². The number of thiophene rings is 1. The number of nitrogens with one attached hydrogen (secondary N) is 2. The molecule has 22 heavy (non-hydrogen) atoms. The zero-order chi connectivity index (χ0) is 15.3. The Labute approximate surface area is 131 Å². The van der Waals surface area contributed by atoms with Gasteiger partial charge in [-0.2, -0.15) is 0 Å². The molecule has 0 bridgehead atoms. The molecule has 4 amide bonds. The van der Waals surface area contributed by atoms with Gasteiger partial charge in [0.15, 0.2) is 0 Å². The molecule has 7 heteroatoms. The van der Waals surface area contributed by atoms with Crippen LogP contribution in [0.2, 0.25) is 0 Å². The number of amides is 4. The summed E-state index contributed by atoms with van der Waals surface area (Å²) in [5.74, 6) is -0.328. The summed E-state index contributed by atoms with van der Waals surface area (Å²) in [6.45, 7) is 0.755. The van der Waals surface area contributed by atoms with E-state index in [1.165, 1.54) is 16.9 Å². The number of nitrogens with zero attached hydrogens (tertiary/aromatic N) is 1. The van der Waals surface area contributed by atoms with E-state index >= 15 is 0 Å². The van der Waals surface area contributed by atoms with Crippen molar-refractivity contribution in [3.05, 3.63) is 21.4 Å². The zero-order valence-corrected chi connectivity index (χ0v) is 12.9. The second kappa shape index (κ2) is 4.81. The predicted octanol–water partition coefficient (Wildman–Crippen LogP) is 1.05. The van der Waals surface area contributed by atoms with Gasteiger partial charge >= 0.3 is 6.03 Å². The van der Waals surface area contributed by atoms with Gasteiger partial charge in [0.05, 0.1) is 12.1 Å². The lowest BCUT2D eigenvalue weighted by molar-refractivity contribution is -0.123. The smallest absolute Gasteiger partial charge is 0.322 e. The molecule has 0 aromatic carbocycles. The summed E-state index contributed by atoms with van der Waals surface area (Å²) in [5.41, 5.74) is 1.06. The van der Waals surface area contributed by atoms with Crippen LogP contribution in [0, 0.1) is 0 Å². The maximum Gasteiger partial charge on any atom is 0.322 e. The summed E-state index contributed by atoms with van der Waals surface area (Å²) < 4.78 is 0. The maximum atomic E-state index is 12.8. The first-order chi connectivity index (χ1) is 10.6. The number of fused-ring (bicyclic) bond motifs is 1. The Morgan fingerprint density at radius 1 is 1.27 bits per heavy atom. The number of urea groups is 1. The van der Waals surface area contributed by atoms with Crippen molar-refractivity contribution >= 4 is 29.2 Å². The molecular formula is C15H17N3O3S. The molecule has 1 aromatic heterocycles. The summed E-state index contributed by atoms with van der Waals surface area (Å²) in [6.07, 6.45) is 4.83. The minimum atomic E-state index is -0.928. The summed E-state index contributed by atoms with van der Waals surface area (Å²) >= 11 is 1.67. The number of hydrogen-bond donors (Lipinski definition) is 2. The predicted molar refractivity (Wildman–Crippen MR) is 80.9 cm³/mol. The molecule has 2 saturated heterocycles. The maximum absolute atomic E-state index is 12.8. The van der Waals surface area contributed by atoms with Gasteiger partial charge in [-0.25, -0.2) is 4.79 Å². The Morgan fingerprint density at radius 3 is 2.86 bits per heavy atom. The minimum Gasteiger partial charge on any atom is -0.336 e. The van der Waals surface area contributed by atoms with Gasteiger partial charge in [-0.05, 0) is 37.7 Å². The van der Waals surface area contributed by atoms with Crippen LogP contribution in [0.25, 0.3) is 0 Å². The third-order valence-electron chi connectivity index (χ3n) is 4.86. The van der Waals surface area contributed by atoms with Crippen LogP contribution < -0.4 is 10.6 Å². The molecule has 0 saturated carbocycles. The van der Waals surface area contributed by atoms with Crippen LogP contribution in [0.4, 0.5) is 4.79 Å². The van der Waals surface area contributed by atoms with Gasteiger partial charge in [-0.1, -0.05) is 0 Å². The number of carbonyl (C=O) groups excluding carboxylic acids is 3. The van der Waals surface area contributed by atoms with E-state index in [0.29, 0.717) is 13.0 Å². The van der Waals surface area contributed by atoms with E-state index in [9.17, 15) is 14.4 Å². The van der Waals surface area contributed by atoms with Crippen LogP contribution >= 0.6 is 11.3 Å². The van der Waals surface area contributed by atoms with Crippen molar-refractivity contribution in [1.82, 2.24) is 15.5 Å². The highest BCUT2D eigenvalue weighted by molar-refractivity contribution is 7.10. The Balaban J connectivity index is 1.56. The molecule has 1 aliphatic carbocycles. The van der Waals surface area contributed by atoms with Crippen molar-refractivity contribution in [3.63, 3.8) is 0 Å². The average molecular weight is 319 g/mol. The van der Waals surface area contributed by atoms with Gasteiger partial charge in [-0.3, -0.25) is 14.9 Å². The average Bonchev–Trinajstić information content (AvgIpc) is 3.17. The fraction of sp³-hybridized carbons (Fsp3) is 0.533. The first-order valence-electron chi connectivity index (χ1n) is 7.61. The zero-order valence-electron chi connectivity index (χ0n) is 12.1. The van der Waals surface area contributed by atoms with Gasteiger partial charge in [0.25, 0.3) is 11.8 Å². The standard InChI is InChI=1S/C15H17N3O3S/c19-12(10-7-22-11-4-2-1-3-9(10)11)18-6-5-15(8-18)13(20)16-14(21)17-15/h7H,1-6,8H2,(H2,16,17,20,21)/t15-/m0/s1. The molecule has 4 rings (SSSR count). The fourth-order valence-electron chi connectivity index (χ4n) is 3.64. The minimum absolute atomic E-state index is 0.00905. The summed E-state index contributed by atoms with van der Waals surface area (Å²) in [7, 11) is 0. The number of aryl methyl sites for hydroxylation is 1. The molecule has 2 N–H and O–H groups in total. The van der Waals surface area contributed by atoms with E-state index in [-0.39, 0.29) is 18.4 Å². The summed E-state index contributed by atoms with van der Waals surface area (Å²) in [4.78, 5) is 39.2. The third kappa shape index (κ3) is 1.95. The second-order valence-electron chi connectivity index (χ2n) is 6.23. The molecule has 6 nitrogen and oxygen atoms in total. The normalized spacial score (nSPS) is 27.0. The molecule has 1 aromatic rings. The largest absolute Gasteiger partial charge is 0.336 e. The SMILES string of the molecule is O=C1NC(=O)[C@@]2(CCN(C(=O)c3csc4c3CCCC4)C2)N1. The molecule has 0 radical (unpaired) electrons. The summed E-state index contributed by atoms with van der Waals surface area (Å²) in [5, 5.41) is 6.90. The molecule has 3 aliphatic rings. The van der Waals surface area contributed by atoms with Crippen LogP contribution in [-0.4, -0.2) is 41.4 Å². The quantitative estimate of drug-likeness (QED) is 0.760. The highest BCUT2D eigenvalue weighted by Crippen LogP contribution is 2.33. The lowest BCUT2D eigenvalue weighted by atomic mass is 9.95. The van der Waals surface area contributed by atoms with E-state index in [1.807, 2.05) is 5.38 Å². The van der Waals surface area contributed by atoms with Crippen LogP contribution in [0.1, 0.15) is 40.1 Å². The fourth-order valence-corrected chi connectivity index (χ4v) is 4.76. The molecule has 1 atom stereocenters. The topological polar surface area (TPSA) is 78.5 Å². The van der Waals surface area contributed by atoms with Crippen molar-refractivity contribution in [2.24, 2.45) is 0 Å². The monoisotopic (exact) mass is 319 g/mol. The van der Waals surface area contributed by atoms with Crippen molar-refractivity contribution in [3.8, 4) is 0 Å². The number of likely N-dealkylation sites (tertiary alicyclic amines) is 1. The number of imide groups is 1. The lowest BCUT2D eigenvalue weighted by Crippen LogP contribution is -2.49. The van der Waals surface area contributed by atoms with E-state index in [0.717, 1.165) is 24.8 Å². The molecule has 3 heterocycles. The van der Waals surface area contributed by atoms with E-state index in [2.05, 4.69) is 10.6 Å². The molecule has 2 aliphatic heterocycles. The van der Waals surface area contributed by atoms with Gasteiger partial charge < -0.3 is 10.2 Å². The Bertz CT molecular complexity index is 684. The van der Waals surface area contributed by atoms with Crippen LogP contribution in [0.15, 0.2) is 5.38 Å².